The van der Waals surface area contributed by atoms with Gasteiger partial charge in [-0.25, -0.2) is 0 Å². The lowest BCUT2D eigenvalue weighted by Crippen LogP contribution is -2.02. The van der Waals surface area contributed by atoms with E-state index in [1.54, 1.807) is 13.2 Å². The molecule has 0 spiro atoms. The molecule has 40 valence electrons. The van der Waals surface area contributed by atoms with Crippen LogP contribution in [0.1, 0.15) is 0 Å². The maximum atomic E-state index is 9.49. The summed E-state index contributed by atoms with van der Waals surface area (Å²) in [5.74, 6) is 0. The number of rotatable bonds is 3. The van der Waals surface area contributed by atoms with Gasteiger partial charge in [-0.3, -0.25) is 4.79 Å². The predicted molar refractivity (Wildman–Crippen MR) is 27.4 cm³/mol. The Morgan fingerprint density at radius 2 is 2.14 bits per heavy atom. The summed E-state index contributed by atoms with van der Waals surface area (Å²) < 4.78 is 0. The van der Waals surface area contributed by atoms with Crippen molar-refractivity contribution in [3.63, 3.8) is 0 Å². The van der Waals surface area contributed by atoms with Crippen LogP contribution in [-0.2, 0) is 4.79 Å². The quantitative estimate of drug-likeness (QED) is 0.466. The number of carbonyl (C=O) groups excluding carboxylic acids is 1. The van der Waals surface area contributed by atoms with Crippen LogP contribution < -0.4 is 10.6 Å². The van der Waals surface area contributed by atoms with E-state index in [4.69, 9.17) is 0 Å². The summed E-state index contributed by atoms with van der Waals surface area (Å²) in [7, 11) is 1.75. The Hall–Kier alpha value is -0.990. The van der Waals surface area contributed by atoms with Crippen molar-refractivity contribution in [3.05, 3.63) is 12.4 Å². The third-order valence-corrected chi connectivity index (χ3v) is 0.414. The highest BCUT2D eigenvalue weighted by Crippen LogP contribution is 1.50. The van der Waals surface area contributed by atoms with E-state index in [1.807, 2.05) is 0 Å². The number of hydrogen-bond acceptors (Lipinski definition) is 2. The zero-order valence-electron chi connectivity index (χ0n) is 4.14. The van der Waals surface area contributed by atoms with Crippen molar-refractivity contribution in [1.82, 2.24) is 10.6 Å². The second-order valence-corrected chi connectivity index (χ2v) is 0.907. The topological polar surface area (TPSA) is 41.1 Å². The minimum atomic E-state index is 0.605. The Balaban J connectivity index is 2.92. The summed E-state index contributed by atoms with van der Waals surface area (Å²) in [6, 6.07) is 0. The lowest BCUT2D eigenvalue weighted by molar-refractivity contribution is -0.108. The Labute approximate surface area is 42.4 Å². The Kier molecular flexibility index (Phi) is 4.30. The first-order chi connectivity index (χ1) is 3.41. The van der Waals surface area contributed by atoms with Crippen molar-refractivity contribution in [2.75, 3.05) is 7.05 Å². The van der Waals surface area contributed by atoms with Crippen LogP contribution in [0.5, 0.6) is 0 Å². The van der Waals surface area contributed by atoms with Gasteiger partial charge in [0.1, 0.15) is 0 Å². The molecule has 0 aliphatic rings. The first-order valence-electron chi connectivity index (χ1n) is 1.94. The third kappa shape index (κ3) is 5.01. The van der Waals surface area contributed by atoms with E-state index < -0.39 is 0 Å². The molecule has 0 aliphatic heterocycles. The number of hydrogen-bond donors (Lipinski definition) is 2. The zero-order valence-corrected chi connectivity index (χ0v) is 4.14. The summed E-state index contributed by atoms with van der Waals surface area (Å²) in [5.41, 5.74) is 0. The summed E-state index contributed by atoms with van der Waals surface area (Å²) in [4.78, 5) is 9.49. The van der Waals surface area contributed by atoms with Gasteiger partial charge < -0.3 is 10.6 Å². The molecule has 0 aromatic heterocycles. The van der Waals surface area contributed by atoms with Crippen molar-refractivity contribution in [3.8, 4) is 0 Å². The predicted octanol–water partition coefficient (Wildman–Crippen LogP) is -0.577. The molecule has 0 rings (SSSR count). The van der Waals surface area contributed by atoms with Gasteiger partial charge in [-0.1, -0.05) is 0 Å². The van der Waals surface area contributed by atoms with E-state index in [-0.39, 0.29) is 0 Å². The SMILES string of the molecule is CN/C=C\NC=O. The maximum absolute atomic E-state index is 9.49. The van der Waals surface area contributed by atoms with Gasteiger partial charge in [0.05, 0.1) is 0 Å². The molecule has 3 nitrogen and oxygen atoms in total. The van der Waals surface area contributed by atoms with Crippen molar-refractivity contribution in [2.24, 2.45) is 0 Å². The lowest BCUT2D eigenvalue weighted by Gasteiger charge is -1.82. The fraction of sp³-hybridized carbons (Fsp3) is 0.250. The molecule has 0 saturated heterocycles. The Morgan fingerprint density at radius 1 is 1.43 bits per heavy atom. The van der Waals surface area contributed by atoms with Crippen LogP contribution >= 0.6 is 0 Å². The molecule has 0 aromatic carbocycles. The van der Waals surface area contributed by atoms with Crippen LogP contribution in [0, 0.1) is 0 Å². The number of amides is 1. The van der Waals surface area contributed by atoms with E-state index in [0.717, 1.165) is 0 Å². The second-order valence-electron chi connectivity index (χ2n) is 0.907. The van der Waals surface area contributed by atoms with E-state index in [2.05, 4.69) is 10.6 Å². The van der Waals surface area contributed by atoms with Gasteiger partial charge in [-0.05, 0) is 0 Å². The highest BCUT2D eigenvalue weighted by atomic mass is 16.1. The van der Waals surface area contributed by atoms with Crippen LogP contribution in [0.25, 0.3) is 0 Å². The molecule has 3 heteroatoms. The molecule has 2 N–H and O–H groups in total. The van der Waals surface area contributed by atoms with Crippen molar-refractivity contribution >= 4 is 6.41 Å². The average molecular weight is 100 g/mol. The van der Waals surface area contributed by atoms with Gasteiger partial charge >= 0.3 is 0 Å². The number of nitrogens with one attached hydrogen (secondary N) is 2. The fourth-order valence-corrected chi connectivity index (χ4v) is 0.171. The van der Waals surface area contributed by atoms with Crippen molar-refractivity contribution < 1.29 is 4.79 Å². The van der Waals surface area contributed by atoms with Crippen LogP contribution in [0.3, 0.4) is 0 Å². The van der Waals surface area contributed by atoms with Crippen LogP contribution in [-0.4, -0.2) is 13.5 Å². The van der Waals surface area contributed by atoms with Crippen LogP contribution in [0.2, 0.25) is 0 Å². The molecule has 0 radical (unpaired) electrons. The highest BCUT2D eigenvalue weighted by molar-refractivity contribution is 5.47. The standard InChI is InChI=1S/C4H8N2O/c1-5-2-3-6-4-7/h2-5H,1H3,(H,6,7)/b3-2-. The molecule has 0 atom stereocenters. The molecule has 0 fully saturated rings. The molecular weight excluding hydrogens is 92.1 g/mol. The number of carbonyl (C=O) groups is 1. The zero-order chi connectivity index (χ0) is 5.54. The van der Waals surface area contributed by atoms with Crippen molar-refractivity contribution in [2.45, 2.75) is 0 Å². The van der Waals surface area contributed by atoms with Crippen LogP contribution in [0.4, 0.5) is 0 Å². The normalized spacial score (nSPS) is 8.71. The van der Waals surface area contributed by atoms with E-state index in [1.165, 1.54) is 6.20 Å². The average Bonchev–Trinajstić information content (AvgIpc) is 1.69. The van der Waals surface area contributed by atoms with E-state index >= 15 is 0 Å². The van der Waals surface area contributed by atoms with Gasteiger partial charge in [-0.15, -0.1) is 0 Å². The molecule has 0 bridgehead atoms. The second kappa shape index (κ2) is 5.01. The highest BCUT2D eigenvalue weighted by Gasteiger charge is 1.59. The Morgan fingerprint density at radius 3 is 2.57 bits per heavy atom. The van der Waals surface area contributed by atoms with E-state index in [0.29, 0.717) is 6.41 Å². The van der Waals surface area contributed by atoms with Gasteiger partial charge in [0.25, 0.3) is 0 Å². The lowest BCUT2D eigenvalue weighted by atomic mass is 10.9. The first kappa shape index (κ1) is 6.01. The third-order valence-electron chi connectivity index (χ3n) is 0.414. The van der Waals surface area contributed by atoms with Gasteiger partial charge in [0.2, 0.25) is 6.41 Å². The monoisotopic (exact) mass is 100 g/mol. The molecule has 0 unspecified atom stereocenters. The van der Waals surface area contributed by atoms with Gasteiger partial charge in [0.15, 0.2) is 0 Å². The molecule has 0 aliphatic carbocycles. The molecular formula is C4H8N2O. The van der Waals surface area contributed by atoms with E-state index in [9.17, 15) is 4.79 Å². The summed E-state index contributed by atoms with van der Waals surface area (Å²) in [6.07, 6.45) is 3.73. The first-order valence-corrected chi connectivity index (χ1v) is 1.94. The summed E-state index contributed by atoms with van der Waals surface area (Å²) in [6.45, 7) is 0. The smallest absolute Gasteiger partial charge is 0.211 e. The molecule has 0 aromatic rings. The summed E-state index contributed by atoms with van der Waals surface area (Å²) in [5, 5.41) is 5.03. The molecule has 0 saturated carbocycles. The Bertz CT molecular complexity index is 70.1. The fourth-order valence-electron chi connectivity index (χ4n) is 0.171. The minimum Gasteiger partial charge on any atom is -0.393 e. The van der Waals surface area contributed by atoms with Gasteiger partial charge in [0, 0.05) is 19.4 Å². The molecule has 7 heavy (non-hydrogen) atoms. The molecule has 0 heterocycles. The summed E-state index contributed by atoms with van der Waals surface area (Å²) >= 11 is 0. The molecule has 1 amide bonds. The maximum Gasteiger partial charge on any atom is 0.211 e. The van der Waals surface area contributed by atoms with Gasteiger partial charge in [-0.2, -0.15) is 0 Å². The van der Waals surface area contributed by atoms with Crippen LogP contribution in [0.15, 0.2) is 12.4 Å². The minimum absolute atomic E-state index is 0.605. The van der Waals surface area contributed by atoms with Crippen molar-refractivity contribution in [1.29, 1.82) is 0 Å². The largest absolute Gasteiger partial charge is 0.393 e.